The first-order valence-corrected chi connectivity index (χ1v) is 7.07. The van der Waals surface area contributed by atoms with Crippen molar-refractivity contribution in [2.75, 3.05) is 5.32 Å². The highest BCUT2D eigenvalue weighted by atomic mass is 35.5. The Morgan fingerprint density at radius 1 is 1.10 bits per heavy atom. The molecular weight excluding hydrogens is 297 g/mol. The second kappa shape index (κ2) is 5.08. The van der Waals surface area contributed by atoms with Crippen molar-refractivity contribution in [3.8, 4) is 11.5 Å². The molecule has 0 aromatic heterocycles. The highest BCUT2D eigenvalue weighted by Gasteiger charge is 2.24. The van der Waals surface area contributed by atoms with Gasteiger partial charge in [-0.1, -0.05) is 35.3 Å². The SMILES string of the molecule is Oc1cccc2c1CCC2Nc1cc(Cl)c(O)c(Cl)c1. The molecule has 1 aliphatic rings. The molecule has 3 nitrogen and oxygen atoms in total. The minimum atomic E-state index is -0.108. The van der Waals surface area contributed by atoms with E-state index in [1.807, 2.05) is 12.1 Å². The first-order valence-electron chi connectivity index (χ1n) is 6.31. The number of halogens is 2. The van der Waals surface area contributed by atoms with E-state index < -0.39 is 0 Å². The van der Waals surface area contributed by atoms with E-state index in [9.17, 15) is 10.2 Å². The van der Waals surface area contributed by atoms with Gasteiger partial charge in [-0.2, -0.15) is 0 Å². The second-order valence-corrected chi connectivity index (χ2v) is 5.68. The summed E-state index contributed by atoms with van der Waals surface area (Å²) in [6.45, 7) is 0. The molecule has 3 rings (SSSR count). The molecule has 0 fully saturated rings. The Morgan fingerprint density at radius 3 is 2.50 bits per heavy atom. The summed E-state index contributed by atoms with van der Waals surface area (Å²) in [5.74, 6) is 0.233. The van der Waals surface area contributed by atoms with Crippen molar-refractivity contribution < 1.29 is 10.2 Å². The van der Waals surface area contributed by atoms with E-state index in [0.29, 0.717) is 5.75 Å². The summed E-state index contributed by atoms with van der Waals surface area (Å²) in [6, 6.07) is 8.94. The fourth-order valence-electron chi connectivity index (χ4n) is 2.64. The number of nitrogens with one attached hydrogen (secondary N) is 1. The van der Waals surface area contributed by atoms with E-state index in [1.165, 1.54) is 0 Å². The summed E-state index contributed by atoms with van der Waals surface area (Å²) >= 11 is 11.8. The van der Waals surface area contributed by atoms with Gasteiger partial charge in [0.05, 0.1) is 16.1 Å². The van der Waals surface area contributed by atoms with Gasteiger partial charge in [-0.3, -0.25) is 0 Å². The Labute approximate surface area is 126 Å². The number of hydrogen-bond acceptors (Lipinski definition) is 3. The Kier molecular flexibility index (Phi) is 3.40. The summed E-state index contributed by atoms with van der Waals surface area (Å²) in [6.07, 6.45) is 1.72. The molecule has 104 valence electrons. The van der Waals surface area contributed by atoms with Crippen molar-refractivity contribution >= 4 is 28.9 Å². The van der Waals surface area contributed by atoms with Crippen LogP contribution < -0.4 is 5.32 Å². The van der Waals surface area contributed by atoms with Crippen molar-refractivity contribution in [1.29, 1.82) is 0 Å². The maximum atomic E-state index is 9.84. The van der Waals surface area contributed by atoms with Crippen LogP contribution in [0.2, 0.25) is 10.0 Å². The molecule has 0 amide bonds. The minimum Gasteiger partial charge on any atom is -0.508 e. The lowest BCUT2D eigenvalue weighted by molar-refractivity contribution is 0.469. The number of fused-ring (bicyclic) bond motifs is 1. The lowest BCUT2D eigenvalue weighted by Gasteiger charge is -2.16. The van der Waals surface area contributed by atoms with Crippen LogP contribution in [0.5, 0.6) is 11.5 Å². The first-order chi connectivity index (χ1) is 9.56. The lowest BCUT2D eigenvalue weighted by Crippen LogP contribution is -2.07. The normalized spacial score (nSPS) is 17.0. The number of anilines is 1. The van der Waals surface area contributed by atoms with Gasteiger partial charge < -0.3 is 15.5 Å². The van der Waals surface area contributed by atoms with Gasteiger partial charge in [0.2, 0.25) is 0 Å². The number of hydrogen-bond donors (Lipinski definition) is 3. The molecule has 5 heteroatoms. The van der Waals surface area contributed by atoms with Crippen molar-refractivity contribution in [1.82, 2.24) is 0 Å². The van der Waals surface area contributed by atoms with Crippen molar-refractivity contribution in [3.05, 3.63) is 51.5 Å². The van der Waals surface area contributed by atoms with Crippen LogP contribution in [0.4, 0.5) is 5.69 Å². The summed E-state index contributed by atoms with van der Waals surface area (Å²) in [7, 11) is 0. The number of benzene rings is 2. The number of aromatic hydroxyl groups is 2. The topological polar surface area (TPSA) is 52.5 Å². The lowest BCUT2D eigenvalue weighted by atomic mass is 10.1. The quantitative estimate of drug-likeness (QED) is 0.716. The van der Waals surface area contributed by atoms with Crippen molar-refractivity contribution in [3.63, 3.8) is 0 Å². The Morgan fingerprint density at radius 2 is 1.80 bits per heavy atom. The molecular formula is C15H13Cl2NO2. The van der Waals surface area contributed by atoms with Crippen LogP contribution in [0.3, 0.4) is 0 Å². The minimum absolute atomic E-state index is 0.105. The van der Waals surface area contributed by atoms with Gasteiger partial charge in [0.15, 0.2) is 5.75 Å². The smallest absolute Gasteiger partial charge is 0.152 e. The Balaban J connectivity index is 1.90. The average molecular weight is 310 g/mol. The molecule has 3 N–H and O–H groups in total. The monoisotopic (exact) mass is 309 g/mol. The van der Waals surface area contributed by atoms with Crippen LogP contribution in [0, 0.1) is 0 Å². The van der Waals surface area contributed by atoms with Gasteiger partial charge in [0.25, 0.3) is 0 Å². The maximum absolute atomic E-state index is 9.84. The van der Waals surface area contributed by atoms with E-state index in [1.54, 1.807) is 18.2 Å². The van der Waals surface area contributed by atoms with Crippen LogP contribution in [0.1, 0.15) is 23.6 Å². The molecule has 20 heavy (non-hydrogen) atoms. The number of rotatable bonds is 2. The highest BCUT2D eigenvalue weighted by molar-refractivity contribution is 6.37. The zero-order chi connectivity index (χ0) is 14.3. The van der Waals surface area contributed by atoms with Crippen LogP contribution in [0.15, 0.2) is 30.3 Å². The largest absolute Gasteiger partial charge is 0.508 e. The molecule has 1 atom stereocenters. The van der Waals surface area contributed by atoms with Gasteiger partial charge >= 0.3 is 0 Å². The van der Waals surface area contributed by atoms with E-state index >= 15 is 0 Å². The van der Waals surface area contributed by atoms with Gasteiger partial charge in [-0.05, 0) is 42.2 Å². The number of phenolic OH excluding ortho intramolecular Hbond substituents is 2. The van der Waals surface area contributed by atoms with Crippen LogP contribution in [-0.4, -0.2) is 10.2 Å². The third-order valence-corrected chi connectivity index (χ3v) is 4.18. The molecule has 0 spiro atoms. The summed E-state index contributed by atoms with van der Waals surface area (Å²) in [5, 5.41) is 23.2. The molecule has 0 saturated heterocycles. The molecule has 0 saturated carbocycles. The van der Waals surface area contributed by atoms with Crippen LogP contribution in [-0.2, 0) is 6.42 Å². The maximum Gasteiger partial charge on any atom is 0.152 e. The van der Waals surface area contributed by atoms with E-state index in [4.69, 9.17) is 23.2 Å². The Bertz CT molecular complexity index is 650. The van der Waals surface area contributed by atoms with Gasteiger partial charge in [0, 0.05) is 5.69 Å². The van der Waals surface area contributed by atoms with Crippen molar-refractivity contribution in [2.45, 2.75) is 18.9 Å². The molecule has 0 aliphatic heterocycles. The second-order valence-electron chi connectivity index (χ2n) is 4.87. The fraction of sp³-hybridized carbons (Fsp3) is 0.200. The van der Waals surface area contributed by atoms with Crippen molar-refractivity contribution in [2.24, 2.45) is 0 Å². The molecule has 0 heterocycles. The number of phenols is 2. The summed E-state index contributed by atoms with van der Waals surface area (Å²) in [5.41, 5.74) is 2.82. The molecule has 0 bridgehead atoms. The molecule has 1 unspecified atom stereocenters. The zero-order valence-electron chi connectivity index (χ0n) is 10.5. The van der Waals surface area contributed by atoms with E-state index in [-0.39, 0.29) is 21.8 Å². The average Bonchev–Trinajstić information content (AvgIpc) is 2.81. The third-order valence-electron chi connectivity index (χ3n) is 3.60. The summed E-state index contributed by atoms with van der Waals surface area (Å²) < 4.78 is 0. The van der Waals surface area contributed by atoms with Crippen LogP contribution in [0.25, 0.3) is 0 Å². The predicted octanol–water partition coefficient (Wildman–Crippen LogP) is 4.50. The first kappa shape index (κ1) is 13.4. The van der Waals surface area contributed by atoms with E-state index in [0.717, 1.165) is 29.7 Å². The molecule has 0 radical (unpaired) electrons. The van der Waals surface area contributed by atoms with Gasteiger partial charge in [-0.15, -0.1) is 0 Å². The zero-order valence-corrected chi connectivity index (χ0v) is 12.0. The van der Waals surface area contributed by atoms with Gasteiger partial charge in [0.1, 0.15) is 5.75 Å². The Hall–Kier alpha value is -1.58. The van der Waals surface area contributed by atoms with Crippen LogP contribution >= 0.6 is 23.2 Å². The molecule has 2 aromatic rings. The molecule has 2 aromatic carbocycles. The highest BCUT2D eigenvalue weighted by Crippen LogP contribution is 2.40. The van der Waals surface area contributed by atoms with Gasteiger partial charge in [-0.25, -0.2) is 0 Å². The molecule has 1 aliphatic carbocycles. The summed E-state index contributed by atoms with van der Waals surface area (Å²) in [4.78, 5) is 0. The predicted molar refractivity (Wildman–Crippen MR) is 80.9 cm³/mol. The fourth-order valence-corrected chi connectivity index (χ4v) is 3.12. The standard InChI is InChI=1S/C15H13Cl2NO2/c16-11-6-8(7-12(17)15(11)20)18-13-5-4-10-9(13)2-1-3-14(10)19/h1-3,6-7,13,18-20H,4-5H2. The third kappa shape index (κ3) is 2.28. The van der Waals surface area contributed by atoms with E-state index in [2.05, 4.69) is 5.32 Å².